The molecular weight excluding hydrogens is 275 g/mol. The van der Waals surface area contributed by atoms with Gasteiger partial charge >= 0.3 is 0 Å². The summed E-state index contributed by atoms with van der Waals surface area (Å²) >= 11 is 3.26. The number of aromatic nitrogens is 1. The van der Waals surface area contributed by atoms with Gasteiger partial charge in [0.2, 0.25) is 0 Å². The number of nitrogens with two attached hydrogens (primary N) is 1. The second-order valence-corrected chi connectivity index (χ2v) is 3.94. The van der Waals surface area contributed by atoms with Crippen LogP contribution in [0.15, 0.2) is 41.1 Å². The van der Waals surface area contributed by atoms with Crippen molar-refractivity contribution in [2.45, 2.75) is 0 Å². The predicted octanol–water partition coefficient (Wildman–Crippen LogP) is 3.36. The molecule has 2 aromatic rings. The van der Waals surface area contributed by atoms with Crippen LogP contribution < -0.4 is 10.5 Å². The third-order valence-corrected chi connectivity index (χ3v) is 2.58. The average Bonchev–Trinajstić information content (AvgIpc) is 2.27. The van der Waals surface area contributed by atoms with Crippen LogP contribution in [0.4, 0.5) is 10.1 Å². The Kier molecular flexibility index (Phi) is 3.05. The number of nitrogen functional groups attached to an aromatic ring is 1. The van der Waals surface area contributed by atoms with Crippen LogP contribution in [0.5, 0.6) is 11.5 Å². The summed E-state index contributed by atoms with van der Waals surface area (Å²) in [4.78, 5) is 3.84. The normalized spacial score (nSPS) is 10.1. The number of benzene rings is 1. The van der Waals surface area contributed by atoms with E-state index in [0.29, 0.717) is 21.7 Å². The lowest BCUT2D eigenvalue weighted by Crippen LogP contribution is -1.93. The lowest BCUT2D eigenvalue weighted by Gasteiger charge is -2.09. The van der Waals surface area contributed by atoms with Gasteiger partial charge in [0.25, 0.3) is 0 Å². The highest BCUT2D eigenvalue weighted by molar-refractivity contribution is 9.10. The highest BCUT2D eigenvalue weighted by Crippen LogP contribution is 2.32. The summed E-state index contributed by atoms with van der Waals surface area (Å²) in [6, 6.07) is 5.81. The van der Waals surface area contributed by atoms with E-state index in [4.69, 9.17) is 10.5 Å². The quantitative estimate of drug-likeness (QED) is 0.919. The maximum atomic E-state index is 13.0. The molecule has 1 heterocycles. The summed E-state index contributed by atoms with van der Waals surface area (Å²) in [5, 5.41) is 0. The fourth-order valence-corrected chi connectivity index (χ4v) is 1.49. The van der Waals surface area contributed by atoms with E-state index in [1.807, 2.05) is 0 Å². The summed E-state index contributed by atoms with van der Waals surface area (Å²) in [5.41, 5.74) is 6.06. The molecule has 0 spiro atoms. The Hall–Kier alpha value is -1.62. The van der Waals surface area contributed by atoms with Crippen molar-refractivity contribution in [2.75, 3.05) is 5.73 Å². The van der Waals surface area contributed by atoms with Gasteiger partial charge < -0.3 is 10.5 Å². The minimum atomic E-state index is -0.370. The number of pyridine rings is 1. The number of hydrogen-bond acceptors (Lipinski definition) is 3. The third kappa shape index (κ3) is 2.30. The SMILES string of the molecule is Nc1cnccc1Oc1cc(F)ccc1Br. The maximum Gasteiger partial charge on any atom is 0.153 e. The largest absolute Gasteiger partial charge is 0.454 e. The third-order valence-electron chi connectivity index (χ3n) is 1.92. The van der Waals surface area contributed by atoms with Gasteiger partial charge in [-0.2, -0.15) is 0 Å². The van der Waals surface area contributed by atoms with Crippen molar-refractivity contribution in [2.24, 2.45) is 0 Å². The number of anilines is 1. The smallest absolute Gasteiger partial charge is 0.153 e. The van der Waals surface area contributed by atoms with Gasteiger partial charge in [-0.3, -0.25) is 4.98 Å². The van der Waals surface area contributed by atoms with E-state index in [1.54, 1.807) is 18.3 Å². The Labute approximate surface area is 100 Å². The molecule has 0 fully saturated rings. The summed E-state index contributed by atoms with van der Waals surface area (Å²) in [6.45, 7) is 0. The minimum absolute atomic E-state index is 0.370. The molecule has 3 nitrogen and oxygen atoms in total. The molecule has 0 amide bonds. The van der Waals surface area contributed by atoms with Crippen molar-refractivity contribution in [1.82, 2.24) is 4.98 Å². The second kappa shape index (κ2) is 4.49. The molecule has 0 aliphatic rings. The van der Waals surface area contributed by atoms with E-state index in [2.05, 4.69) is 20.9 Å². The number of nitrogens with zero attached hydrogens (tertiary/aromatic N) is 1. The molecule has 5 heteroatoms. The molecule has 2 N–H and O–H groups in total. The van der Waals surface area contributed by atoms with Crippen LogP contribution in [0.25, 0.3) is 0 Å². The predicted molar refractivity (Wildman–Crippen MR) is 62.8 cm³/mol. The highest BCUT2D eigenvalue weighted by Gasteiger charge is 2.06. The molecule has 0 aliphatic heterocycles. The van der Waals surface area contributed by atoms with Gasteiger partial charge in [-0.15, -0.1) is 0 Å². The van der Waals surface area contributed by atoms with Crippen LogP contribution in [-0.4, -0.2) is 4.98 Å². The van der Waals surface area contributed by atoms with Gasteiger partial charge in [-0.25, -0.2) is 4.39 Å². The Morgan fingerprint density at radius 1 is 1.25 bits per heavy atom. The van der Waals surface area contributed by atoms with Gasteiger partial charge in [-0.1, -0.05) is 0 Å². The standard InChI is InChI=1S/C11H8BrFN2O/c12-8-2-1-7(13)5-11(8)16-10-3-4-15-6-9(10)14/h1-6H,14H2. The molecule has 82 valence electrons. The number of hydrogen-bond donors (Lipinski definition) is 1. The van der Waals surface area contributed by atoms with Gasteiger partial charge in [-0.05, 0) is 28.1 Å². The van der Waals surface area contributed by atoms with E-state index in [-0.39, 0.29) is 5.82 Å². The van der Waals surface area contributed by atoms with E-state index in [9.17, 15) is 4.39 Å². The van der Waals surface area contributed by atoms with Gasteiger partial charge in [0.15, 0.2) is 5.75 Å². The monoisotopic (exact) mass is 282 g/mol. The molecule has 0 atom stereocenters. The Morgan fingerprint density at radius 2 is 2.06 bits per heavy atom. The first kappa shape index (κ1) is 10.9. The molecule has 0 aliphatic carbocycles. The van der Waals surface area contributed by atoms with Gasteiger partial charge in [0.05, 0.1) is 16.4 Å². The number of halogens is 2. The molecule has 2 rings (SSSR count). The number of ether oxygens (including phenoxy) is 1. The second-order valence-electron chi connectivity index (χ2n) is 3.09. The molecule has 16 heavy (non-hydrogen) atoms. The first-order valence-electron chi connectivity index (χ1n) is 4.49. The summed E-state index contributed by atoms with van der Waals surface area (Å²) in [7, 11) is 0. The fraction of sp³-hybridized carbons (Fsp3) is 0. The van der Waals surface area contributed by atoms with Crippen molar-refractivity contribution < 1.29 is 9.13 Å². The van der Waals surface area contributed by atoms with Crippen LogP contribution in [0.2, 0.25) is 0 Å². The molecule has 0 radical (unpaired) electrons. The van der Waals surface area contributed by atoms with E-state index >= 15 is 0 Å². The fourth-order valence-electron chi connectivity index (χ4n) is 1.16. The zero-order valence-electron chi connectivity index (χ0n) is 8.15. The topological polar surface area (TPSA) is 48.1 Å². The lowest BCUT2D eigenvalue weighted by atomic mass is 10.3. The van der Waals surface area contributed by atoms with Crippen molar-refractivity contribution >= 4 is 21.6 Å². The van der Waals surface area contributed by atoms with Crippen LogP contribution >= 0.6 is 15.9 Å². The van der Waals surface area contributed by atoms with Crippen molar-refractivity contribution in [3.63, 3.8) is 0 Å². The molecule has 1 aromatic heterocycles. The van der Waals surface area contributed by atoms with Gasteiger partial charge in [0, 0.05) is 18.3 Å². The molecule has 0 unspecified atom stereocenters. The molecule has 1 aromatic carbocycles. The molecule has 0 saturated carbocycles. The molecule has 0 saturated heterocycles. The Bertz CT molecular complexity index is 519. The van der Waals surface area contributed by atoms with Crippen LogP contribution in [-0.2, 0) is 0 Å². The number of rotatable bonds is 2. The van der Waals surface area contributed by atoms with Crippen LogP contribution in [0.1, 0.15) is 0 Å². The minimum Gasteiger partial charge on any atom is -0.454 e. The summed E-state index contributed by atoms with van der Waals surface area (Å²) in [6.07, 6.45) is 3.03. The summed E-state index contributed by atoms with van der Waals surface area (Å²) < 4.78 is 19.1. The first-order chi connectivity index (χ1) is 7.66. The van der Waals surface area contributed by atoms with Crippen LogP contribution in [0.3, 0.4) is 0 Å². The highest BCUT2D eigenvalue weighted by atomic mass is 79.9. The summed E-state index contributed by atoms with van der Waals surface area (Å²) in [5.74, 6) is 0.449. The van der Waals surface area contributed by atoms with Gasteiger partial charge in [0.1, 0.15) is 11.6 Å². The van der Waals surface area contributed by atoms with Crippen molar-refractivity contribution in [3.8, 4) is 11.5 Å². The average molecular weight is 283 g/mol. The van der Waals surface area contributed by atoms with E-state index in [0.717, 1.165) is 0 Å². The zero-order valence-corrected chi connectivity index (χ0v) is 9.74. The van der Waals surface area contributed by atoms with Crippen LogP contribution in [0, 0.1) is 5.82 Å². The Balaban J connectivity index is 2.34. The van der Waals surface area contributed by atoms with Crippen molar-refractivity contribution in [1.29, 1.82) is 0 Å². The maximum absolute atomic E-state index is 13.0. The zero-order chi connectivity index (χ0) is 11.5. The lowest BCUT2D eigenvalue weighted by molar-refractivity contribution is 0.475. The first-order valence-corrected chi connectivity index (χ1v) is 5.28. The van der Waals surface area contributed by atoms with E-state index < -0.39 is 0 Å². The van der Waals surface area contributed by atoms with E-state index in [1.165, 1.54) is 18.3 Å². The Morgan fingerprint density at radius 3 is 2.81 bits per heavy atom. The molecule has 0 bridgehead atoms. The molecular formula is C11H8BrFN2O. The van der Waals surface area contributed by atoms with Crippen molar-refractivity contribution in [3.05, 3.63) is 46.9 Å².